The number of para-hydroxylation sites is 1. The molecular weight excluding hydrogens is 266 g/mol. The Balaban J connectivity index is 2.48. The van der Waals surface area contributed by atoms with Crippen LogP contribution < -0.4 is 10.6 Å². The van der Waals surface area contributed by atoms with E-state index in [9.17, 15) is 9.59 Å². The molecule has 2 amide bonds. The van der Waals surface area contributed by atoms with Gasteiger partial charge >= 0.3 is 0 Å². The van der Waals surface area contributed by atoms with Gasteiger partial charge in [0.1, 0.15) is 0 Å². The monoisotopic (exact) mass is 291 g/mol. The Morgan fingerprint density at radius 1 is 1.19 bits per heavy atom. The molecule has 5 nitrogen and oxygen atoms in total. The Labute approximate surface area is 126 Å². The Morgan fingerprint density at radius 3 is 2.52 bits per heavy atom. The molecule has 0 saturated heterocycles. The van der Waals surface area contributed by atoms with Crippen LogP contribution in [0, 0.1) is 6.92 Å². The molecule has 0 fully saturated rings. The number of amides is 2. The van der Waals surface area contributed by atoms with Gasteiger partial charge in [0.2, 0.25) is 11.8 Å². The predicted octanol–water partition coefficient (Wildman–Crippen LogP) is 1.78. The van der Waals surface area contributed by atoms with Crippen LogP contribution in [0.3, 0.4) is 0 Å². The lowest BCUT2D eigenvalue weighted by Gasteiger charge is -2.21. The molecule has 0 atom stereocenters. The quantitative estimate of drug-likeness (QED) is 0.767. The largest absolute Gasteiger partial charge is 0.355 e. The number of nitrogens with zero attached hydrogens (tertiary/aromatic N) is 1. The highest BCUT2D eigenvalue weighted by molar-refractivity contribution is 5.92. The number of anilines is 1. The van der Waals surface area contributed by atoms with E-state index >= 15 is 0 Å². The van der Waals surface area contributed by atoms with Crippen LogP contribution in [0.4, 0.5) is 5.69 Å². The van der Waals surface area contributed by atoms with Gasteiger partial charge in [-0.05, 0) is 31.5 Å². The average molecular weight is 291 g/mol. The molecule has 21 heavy (non-hydrogen) atoms. The number of carbonyl (C=O) groups excluding carboxylic acids is 2. The van der Waals surface area contributed by atoms with E-state index in [-0.39, 0.29) is 11.8 Å². The highest BCUT2D eigenvalue weighted by Gasteiger charge is 2.11. The zero-order chi connectivity index (χ0) is 15.7. The lowest BCUT2D eigenvalue weighted by molar-refractivity contribution is -0.119. The number of nitrogens with one attached hydrogen (secondary N) is 2. The highest BCUT2D eigenvalue weighted by Crippen LogP contribution is 2.12. The lowest BCUT2D eigenvalue weighted by Crippen LogP contribution is -2.39. The van der Waals surface area contributed by atoms with E-state index in [0.29, 0.717) is 19.6 Å². The minimum atomic E-state index is -0.0455. The van der Waals surface area contributed by atoms with Gasteiger partial charge in [-0.2, -0.15) is 0 Å². The SMILES string of the molecule is CCCN(CCNC(C)=O)CC(=O)Nc1ccccc1C. The molecule has 0 aromatic heterocycles. The molecule has 5 heteroatoms. The average Bonchev–Trinajstić information content (AvgIpc) is 2.41. The molecule has 0 spiro atoms. The van der Waals surface area contributed by atoms with Gasteiger partial charge in [0.05, 0.1) is 6.54 Å². The van der Waals surface area contributed by atoms with E-state index in [2.05, 4.69) is 17.6 Å². The van der Waals surface area contributed by atoms with Gasteiger partial charge < -0.3 is 10.6 Å². The maximum atomic E-state index is 12.1. The number of hydrogen-bond donors (Lipinski definition) is 2. The Bertz CT molecular complexity index is 474. The summed E-state index contributed by atoms with van der Waals surface area (Å²) in [4.78, 5) is 25.0. The molecule has 1 rings (SSSR count). The van der Waals surface area contributed by atoms with Crippen molar-refractivity contribution < 1.29 is 9.59 Å². The van der Waals surface area contributed by atoms with Gasteiger partial charge in [-0.1, -0.05) is 25.1 Å². The Kier molecular flexibility index (Phi) is 7.46. The van der Waals surface area contributed by atoms with Crippen LogP contribution in [0.15, 0.2) is 24.3 Å². The van der Waals surface area contributed by atoms with E-state index in [1.807, 2.05) is 36.1 Å². The normalized spacial score (nSPS) is 10.5. The number of rotatable bonds is 8. The molecule has 0 bridgehead atoms. The van der Waals surface area contributed by atoms with Crippen LogP contribution >= 0.6 is 0 Å². The van der Waals surface area contributed by atoms with Crippen molar-refractivity contribution in [2.45, 2.75) is 27.2 Å². The Hall–Kier alpha value is -1.88. The second kappa shape index (κ2) is 9.13. The Morgan fingerprint density at radius 2 is 1.90 bits per heavy atom. The van der Waals surface area contributed by atoms with Crippen molar-refractivity contribution in [3.63, 3.8) is 0 Å². The third-order valence-electron chi connectivity index (χ3n) is 3.13. The van der Waals surface area contributed by atoms with E-state index in [0.717, 1.165) is 24.2 Å². The molecule has 1 aromatic rings. The number of carbonyl (C=O) groups is 2. The van der Waals surface area contributed by atoms with Crippen molar-refractivity contribution in [3.05, 3.63) is 29.8 Å². The fourth-order valence-electron chi connectivity index (χ4n) is 2.08. The molecular formula is C16H25N3O2. The first-order chi connectivity index (χ1) is 10.0. The van der Waals surface area contributed by atoms with Gasteiger partial charge in [-0.25, -0.2) is 0 Å². The summed E-state index contributed by atoms with van der Waals surface area (Å²) in [5.41, 5.74) is 1.90. The van der Waals surface area contributed by atoms with Gasteiger partial charge in [-0.3, -0.25) is 14.5 Å². The van der Waals surface area contributed by atoms with Crippen molar-refractivity contribution in [1.82, 2.24) is 10.2 Å². The first-order valence-electron chi connectivity index (χ1n) is 7.35. The predicted molar refractivity (Wildman–Crippen MR) is 85.2 cm³/mol. The van der Waals surface area contributed by atoms with Crippen LogP contribution in [-0.4, -0.2) is 42.9 Å². The van der Waals surface area contributed by atoms with E-state index in [1.165, 1.54) is 6.92 Å². The number of benzene rings is 1. The molecule has 0 saturated carbocycles. The second-order valence-electron chi connectivity index (χ2n) is 5.12. The molecule has 0 aliphatic heterocycles. The summed E-state index contributed by atoms with van der Waals surface area (Å²) in [6.07, 6.45) is 0.970. The van der Waals surface area contributed by atoms with E-state index in [1.54, 1.807) is 0 Å². The standard InChI is InChI=1S/C16H25N3O2/c1-4-10-19(11-9-17-14(3)20)12-16(21)18-15-8-6-5-7-13(15)2/h5-8H,4,9-12H2,1-3H3,(H,17,20)(H,18,21). The maximum absolute atomic E-state index is 12.1. The van der Waals surface area contributed by atoms with E-state index in [4.69, 9.17) is 0 Å². The fraction of sp³-hybridized carbons (Fsp3) is 0.500. The van der Waals surface area contributed by atoms with Crippen LogP contribution in [0.25, 0.3) is 0 Å². The zero-order valence-electron chi connectivity index (χ0n) is 13.1. The molecule has 0 heterocycles. The summed E-state index contributed by atoms with van der Waals surface area (Å²) >= 11 is 0. The first-order valence-corrected chi connectivity index (χ1v) is 7.35. The lowest BCUT2D eigenvalue weighted by atomic mass is 10.2. The van der Waals surface area contributed by atoms with Gasteiger partial charge in [0, 0.05) is 25.7 Å². The van der Waals surface area contributed by atoms with Gasteiger partial charge in [-0.15, -0.1) is 0 Å². The van der Waals surface area contributed by atoms with Crippen molar-refractivity contribution in [2.24, 2.45) is 0 Å². The molecule has 0 radical (unpaired) electrons. The minimum absolute atomic E-state index is 0.0272. The van der Waals surface area contributed by atoms with Crippen molar-refractivity contribution >= 4 is 17.5 Å². The molecule has 116 valence electrons. The van der Waals surface area contributed by atoms with Crippen LogP contribution in [0.2, 0.25) is 0 Å². The second-order valence-corrected chi connectivity index (χ2v) is 5.12. The number of aryl methyl sites for hydroxylation is 1. The van der Waals surface area contributed by atoms with Crippen molar-refractivity contribution in [1.29, 1.82) is 0 Å². The fourth-order valence-corrected chi connectivity index (χ4v) is 2.08. The van der Waals surface area contributed by atoms with Gasteiger partial charge in [0.25, 0.3) is 0 Å². The molecule has 1 aromatic carbocycles. The summed E-state index contributed by atoms with van der Waals surface area (Å²) in [7, 11) is 0. The maximum Gasteiger partial charge on any atom is 0.238 e. The van der Waals surface area contributed by atoms with Gasteiger partial charge in [0.15, 0.2) is 0 Å². The molecule has 0 aliphatic carbocycles. The van der Waals surface area contributed by atoms with Crippen molar-refractivity contribution in [2.75, 3.05) is 31.5 Å². The first kappa shape index (κ1) is 17.2. The van der Waals surface area contributed by atoms with Crippen molar-refractivity contribution in [3.8, 4) is 0 Å². The molecule has 2 N–H and O–H groups in total. The molecule has 0 aliphatic rings. The summed E-state index contributed by atoms with van der Waals surface area (Å²) < 4.78 is 0. The summed E-state index contributed by atoms with van der Waals surface area (Å²) in [5, 5.41) is 5.68. The highest BCUT2D eigenvalue weighted by atomic mass is 16.2. The smallest absolute Gasteiger partial charge is 0.238 e. The van der Waals surface area contributed by atoms with Crippen LogP contribution in [0.1, 0.15) is 25.8 Å². The minimum Gasteiger partial charge on any atom is -0.355 e. The summed E-state index contributed by atoms with van der Waals surface area (Å²) in [5.74, 6) is -0.0728. The summed E-state index contributed by atoms with van der Waals surface area (Å²) in [6, 6.07) is 7.72. The third kappa shape index (κ3) is 6.90. The van der Waals surface area contributed by atoms with E-state index < -0.39 is 0 Å². The van der Waals surface area contributed by atoms with Crippen LogP contribution in [0.5, 0.6) is 0 Å². The topological polar surface area (TPSA) is 61.4 Å². The summed E-state index contributed by atoms with van der Waals surface area (Å²) in [6.45, 7) is 7.94. The number of hydrogen-bond acceptors (Lipinski definition) is 3. The molecule has 0 unspecified atom stereocenters. The third-order valence-corrected chi connectivity index (χ3v) is 3.13. The zero-order valence-corrected chi connectivity index (χ0v) is 13.1. The van der Waals surface area contributed by atoms with Crippen LogP contribution in [-0.2, 0) is 9.59 Å².